The van der Waals surface area contributed by atoms with Crippen molar-refractivity contribution in [2.45, 2.75) is 6.92 Å². The molecule has 4 heteroatoms. The van der Waals surface area contributed by atoms with Crippen LogP contribution < -0.4 is 9.80 Å². The van der Waals surface area contributed by atoms with Gasteiger partial charge in [0.2, 0.25) is 0 Å². The summed E-state index contributed by atoms with van der Waals surface area (Å²) in [6, 6.07) is 85.2. The first kappa shape index (κ1) is 39.1. The number of hydrogen-bond acceptors (Lipinski definition) is 4. The minimum absolute atomic E-state index is 0.822. The summed E-state index contributed by atoms with van der Waals surface area (Å²) in [5.41, 5.74) is 15.0. The van der Waals surface area contributed by atoms with Gasteiger partial charge in [-0.3, -0.25) is 0 Å². The summed E-state index contributed by atoms with van der Waals surface area (Å²) in [4.78, 5) is 4.91. The summed E-state index contributed by atoms with van der Waals surface area (Å²) >= 11 is 0. The van der Waals surface area contributed by atoms with Gasteiger partial charge in [0, 0.05) is 48.8 Å². The summed E-state index contributed by atoms with van der Waals surface area (Å²) in [6.07, 6.45) is 0. The average Bonchev–Trinajstić information content (AvgIpc) is 3.99. The van der Waals surface area contributed by atoms with Crippen molar-refractivity contribution >= 4 is 110 Å². The number of anilines is 6. The SMILES string of the molecule is Cc1cc2ccc3c(N(c4ccccc4-c4ccccc4)c4cccc5c4oc4ccccc45)cc(N(c4ccccc4-c4ccccc4)c4cccc5c4oc4ccccc45)c4ccc(c1)c2c34. The number of aryl methyl sites for hydroxylation is 1. The largest absolute Gasteiger partial charge is 0.454 e. The second-order valence-corrected chi connectivity index (χ2v) is 18.0. The normalized spacial score (nSPS) is 11.8. The fraction of sp³-hybridized carbons (Fsp3) is 0.0154. The molecule has 69 heavy (non-hydrogen) atoms. The molecule has 0 unspecified atom stereocenters. The van der Waals surface area contributed by atoms with Crippen LogP contribution in [0.2, 0.25) is 0 Å². The lowest BCUT2D eigenvalue weighted by Gasteiger charge is -2.33. The van der Waals surface area contributed by atoms with Crippen molar-refractivity contribution in [3.8, 4) is 22.3 Å². The molecule has 0 aliphatic heterocycles. The van der Waals surface area contributed by atoms with Crippen LogP contribution in [0.5, 0.6) is 0 Å². The molecule has 4 nitrogen and oxygen atoms in total. The molecule has 0 bridgehead atoms. The van der Waals surface area contributed by atoms with Gasteiger partial charge in [-0.25, -0.2) is 0 Å². The number of benzene rings is 12. The van der Waals surface area contributed by atoms with Crippen LogP contribution in [0.15, 0.2) is 245 Å². The number of rotatable bonds is 8. The highest BCUT2D eigenvalue weighted by Crippen LogP contribution is 2.54. The van der Waals surface area contributed by atoms with Crippen LogP contribution in [-0.2, 0) is 0 Å². The first-order valence-electron chi connectivity index (χ1n) is 23.6. The van der Waals surface area contributed by atoms with E-state index in [2.05, 4.69) is 241 Å². The molecule has 0 aliphatic rings. The topological polar surface area (TPSA) is 32.8 Å². The molecule has 0 spiro atoms. The number of para-hydroxylation sites is 6. The van der Waals surface area contributed by atoms with Gasteiger partial charge in [0.15, 0.2) is 11.2 Å². The van der Waals surface area contributed by atoms with Crippen LogP contribution in [0.1, 0.15) is 5.56 Å². The Morgan fingerprint density at radius 2 is 0.696 bits per heavy atom. The summed E-state index contributed by atoms with van der Waals surface area (Å²) in [5, 5.41) is 11.4. The molecule has 0 saturated heterocycles. The highest BCUT2D eigenvalue weighted by atomic mass is 16.3. The lowest BCUT2D eigenvalue weighted by molar-refractivity contribution is 0.669. The van der Waals surface area contributed by atoms with E-state index in [4.69, 9.17) is 8.83 Å². The third-order valence-corrected chi connectivity index (χ3v) is 14.0. The zero-order chi connectivity index (χ0) is 45.6. The molecule has 2 heterocycles. The maximum absolute atomic E-state index is 6.99. The van der Waals surface area contributed by atoms with Crippen LogP contribution in [0.3, 0.4) is 0 Å². The van der Waals surface area contributed by atoms with Crippen molar-refractivity contribution in [2.24, 2.45) is 0 Å². The van der Waals surface area contributed by atoms with Gasteiger partial charge in [0.1, 0.15) is 11.2 Å². The van der Waals surface area contributed by atoms with Crippen molar-refractivity contribution in [1.82, 2.24) is 0 Å². The van der Waals surface area contributed by atoms with Crippen molar-refractivity contribution in [2.75, 3.05) is 9.80 Å². The standard InChI is InChI=1S/C65H42N2O2/c1-41-38-44-34-36-52-58(66(54-28-12-8-22-46(54)42-18-4-2-5-19-42)56-30-16-26-50-48-24-10-14-32-60(48)68-64(50)56)40-59(53-37-35-45(39-41)62(44)63(52)53)67(55-29-13-9-23-47(55)43-20-6-3-7-21-43)57-31-17-27-51-49-25-11-15-33-61(49)69-65(51)57/h2-40H,1H3. The zero-order valence-electron chi connectivity index (χ0n) is 37.7. The van der Waals surface area contributed by atoms with Crippen LogP contribution >= 0.6 is 0 Å². The smallest absolute Gasteiger partial charge is 0.159 e. The number of hydrogen-bond donors (Lipinski definition) is 0. The van der Waals surface area contributed by atoms with Gasteiger partial charge >= 0.3 is 0 Å². The fourth-order valence-corrected chi connectivity index (χ4v) is 11.1. The third kappa shape index (κ3) is 6.09. The summed E-state index contributed by atoms with van der Waals surface area (Å²) in [7, 11) is 0. The maximum atomic E-state index is 6.99. The maximum Gasteiger partial charge on any atom is 0.159 e. The van der Waals surface area contributed by atoms with Crippen molar-refractivity contribution in [3.05, 3.63) is 242 Å². The molecule has 324 valence electrons. The Hall–Kier alpha value is -9.12. The molecule has 14 aromatic rings. The van der Waals surface area contributed by atoms with Gasteiger partial charge < -0.3 is 18.6 Å². The lowest BCUT2D eigenvalue weighted by Crippen LogP contribution is -2.16. The van der Waals surface area contributed by atoms with Gasteiger partial charge in [0.25, 0.3) is 0 Å². The Morgan fingerprint density at radius 1 is 0.290 bits per heavy atom. The Morgan fingerprint density at radius 3 is 1.19 bits per heavy atom. The fourth-order valence-electron chi connectivity index (χ4n) is 11.1. The average molecular weight is 883 g/mol. The first-order valence-corrected chi connectivity index (χ1v) is 23.6. The number of fused-ring (bicyclic) bond motifs is 6. The van der Waals surface area contributed by atoms with Crippen LogP contribution in [0.4, 0.5) is 34.1 Å². The van der Waals surface area contributed by atoms with E-state index in [0.717, 1.165) is 111 Å². The molecule has 0 N–H and O–H groups in total. The summed E-state index contributed by atoms with van der Waals surface area (Å²) in [6.45, 7) is 2.19. The monoisotopic (exact) mass is 882 g/mol. The molecule has 0 amide bonds. The Labute approximate surface area is 398 Å². The number of nitrogens with zero attached hydrogens (tertiary/aromatic N) is 2. The van der Waals surface area contributed by atoms with E-state index in [0.29, 0.717) is 0 Å². The van der Waals surface area contributed by atoms with E-state index in [1.165, 1.54) is 27.1 Å². The third-order valence-electron chi connectivity index (χ3n) is 14.0. The molecule has 0 radical (unpaired) electrons. The predicted octanol–water partition coefficient (Wildman–Crippen LogP) is 19.0. The minimum Gasteiger partial charge on any atom is -0.454 e. The predicted molar refractivity (Wildman–Crippen MR) is 290 cm³/mol. The number of furan rings is 2. The van der Waals surface area contributed by atoms with Crippen LogP contribution in [0, 0.1) is 6.92 Å². The minimum atomic E-state index is 0.822. The molecule has 0 saturated carbocycles. The van der Waals surface area contributed by atoms with E-state index in [1.807, 2.05) is 12.1 Å². The molecule has 0 atom stereocenters. The van der Waals surface area contributed by atoms with E-state index in [1.54, 1.807) is 0 Å². The summed E-state index contributed by atoms with van der Waals surface area (Å²) < 4.78 is 14.0. The van der Waals surface area contributed by atoms with Crippen molar-refractivity contribution in [3.63, 3.8) is 0 Å². The van der Waals surface area contributed by atoms with Gasteiger partial charge in [-0.2, -0.15) is 0 Å². The van der Waals surface area contributed by atoms with Gasteiger partial charge in [-0.15, -0.1) is 0 Å². The quantitative estimate of drug-likeness (QED) is 0.142. The van der Waals surface area contributed by atoms with Crippen LogP contribution in [-0.4, -0.2) is 0 Å². The van der Waals surface area contributed by atoms with Gasteiger partial charge in [-0.05, 0) is 82.2 Å². The molecule has 12 aromatic carbocycles. The van der Waals surface area contributed by atoms with Gasteiger partial charge in [-0.1, -0.05) is 194 Å². The summed E-state index contributed by atoms with van der Waals surface area (Å²) in [5.74, 6) is 0. The molecule has 2 aromatic heterocycles. The molecular formula is C65H42N2O2. The highest BCUT2D eigenvalue weighted by molar-refractivity contribution is 6.30. The first-order chi connectivity index (χ1) is 34.2. The zero-order valence-corrected chi connectivity index (χ0v) is 37.7. The highest BCUT2D eigenvalue weighted by Gasteiger charge is 2.30. The van der Waals surface area contributed by atoms with Gasteiger partial charge in [0.05, 0.1) is 34.1 Å². The Kier molecular flexibility index (Phi) is 8.77. The van der Waals surface area contributed by atoms with Crippen LogP contribution in [0.25, 0.3) is 98.4 Å². The van der Waals surface area contributed by atoms with E-state index in [9.17, 15) is 0 Å². The van der Waals surface area contributed by atoms with E-state index in [-0.39, 0.29) is 0 Å². The molecule has 14 rings (SSSR count). The second-order valence-electron chi connectivity index (χ2n) is 18.0. The van der Waals surface area contributed by atoms with Crippen molar-refractivity contribution in [1.29, 1.82) is 0 Å². The van der Waals surface area contributed by atoms with E-state index >= 15 is 0 Å². The molecular weight excluding hydrogens is 841 g/mol. The Bertz CT molecular complexity index is 4010. The lowest BCUT2D eigenvalue weighted by atomic mass is 9.90. The molecule has 0 fully saturated rings. The Balaban J connectivity index is 1.17. The molecule has 0 aliphatic carbocycles. The van der Waals surface area contributed by atoms with Crippen molar-refractivity contribution < 1.29 is 8.83 Å². The second kappa shape index (κ2) is 15.5. The van der Waals surface area contributed by atoms with E-state index < -0.39 is 0 Å².